The summed E-state index contributed by atoms with van der Waals surface area (Å²) in [6, 6.07) is 18.2. The van der Waals surface area contributed by atoms with Gasteiger partial charge in [0, 0.05) is 23.5 Å². The molecule has 1 aliphatic carbocycles. The molecule has 0 heterocycles. The number of carbonyl (C=O) groups is 2. The van der Waals surface area contributed by atoms with Gasteiger partial charge in [-0.25, -0.2) is 0 Å². The molecule has 0 radical (unpaired) electrons. The lowest BCUT2D eigenvalue weighted by Gasteiger charge is -2.32. The van der Waals surface area contributed by atoms with Gasteiger partial charge in [-0.05, 0) is 73.2 Å². The van der Waals surface area contributed by atoms with Crippen LogP contribution in [0.25, 0.3) is 0 Å². The molecule has 3 aromatic carbocycles. The van der Waals surface area contributed by atoms with E-state index in [1.807, 2.05) is 62.4 Å². The molecule has 206 valence electrons. The Morgan fingerprint density at radius 2 is 1.64 bits per heavy atom. The molecule has 2 amide bonds. The van der Waals surface area contributed by atoms with Crippen LogP contribution in [0, 0.1) is 13.8 Å². The molecule has 1 saturated carbocycles. The lowest BCUT2D eigenvalue weighted by molar-refractivity contribution is -0.143. The van der Waals surface area contributed by atoms with Crippen LogP contribution in [-0.2, 0) is 22.6 Å². The fraction of sp³-hybridized carbons (Fsp3) is 0.355. The number of amides is 2. The van der Waals surface area contributed by atoms with Crippen molar-refractivity contribution in [2.75, 3.05) is 6.61 Å². The van der Waals surface area contributed by atoms with Crippen molar-refractivity contribution in [3.05, 3.63) is 97.4 Å². The minimum Gasteiger partial charge on any atom is -0.484 e. The fourth-order valence-corrected chi connectivity index (χ4v) is 5.52. The molecular weight excluding hydrogens is 599 g/mol. The van der Waals surface area contributed by atoms with Crippen LogP contribution in [0.4, 0.5) is 0 Å². The standard InChI is InChI=1S/C31H33BrCl2N2O3/c1-20-14-25(15-21(2)30(20)32)39-19-29(37)36(18-23-12-13-26(33)27(34)16-23)28(17-22-8-4-3-5-9-22)31(38)35-24-10-6-7-11-24/h3-5,8-9,12-16,24,28H,6-7,10-11,17-19H2,1-2H3,(H,35,38)/t28-/m0/s1. The maximum Gasteiger partial charge on any atom is 0.261 e. The van der Waals surface area contributed by atoms with E-state index in [2.05, 4.69) is 21.2 Å². The Labute approximate surface area is 249 Å². The molecule has 39 heavy (non-hydrogen) atoms. The number of hydrogen-bond acceptors (Lipinski definition) is 3. The molecule has 0 aliphatic heterocycles. The first-order chi connectivity index (χ1) is 18.7. The van der Waals surface area contributed by atoms with E-state index in [9.17, 15) is 9.59 Å². The van der Waals surface area contributed by atoms with Crippen LogP contribution in [0.2, 0.25) is 10.0 Å². The van der Waals surface area contributed by atoms with Crippen molar-refractivity contribution in [1.82, 2.24) is 10.2 Å². The summed E-state index contributed by atoms with van der Waals surface area (Å²) in [5, 5.41) is 4.04. The van der Waals surface area contributed by atoms with E-state index < -0.39 is 6.04 Å². The highest BCUT2D eigenvalue weighted by Crippen LogP contribution is 2.27. The average molecular weight is 632 g/mol. The Morgan fingerprint density at radius 1 is 0.974 bits per heavy atom. The van der Waals surface area contributed by atoms with Crippen LogP contribution in [-0.4, -0.2) is 35.4 Å². The van der Waals surface area contributed by atoms with E-state index in [1.165, 1.54) is 0 Å². The first kappa shape index (κ1) is 29.4. The molecule has 3 aromatic rings. The summed E-state index contributed by atoms with van der Waals surface area (Å²) in [6.07, 6.45) is 4.48. The third-order valence-corrected chi connectivity index (χ3v) is 9.07. The highest BCUT2D eigenvalue weighted by Gasteiger charge is 2.32. The van der Waals surface area contributed by atoms with Crippen molar-refractivity contribution in [1.29, 1.82) is 0 Å². The van der Waals surface area contributed by atoms with Gasteiger partial charge >= 0.3 is 0 Å². The van der Waals surface area contributed by atoms with Gasteiger partial charge in [-0.3, -0.25) is 9.59 Å². The van der Waals surface area contributed by atoms with Gasteiger partial charge in [-0.15, -0.1) is 0 Å². The number of halogens is 3. The number of rotatable bonds is 10. The number of nitrogens with zero attached hydrogens (tertiary/aromatic N) is 1. The third kappa shape index (κ3) is 8.00. The number of carbonyl (C=O) groups excluding carboxylic acids is 2. The molecule has 5 nitrogen and oxygen atoms in total. The largest absolute Gasteiger partial charge is 0.484 e. The topological polar surface area (TPSA) is 58.6 Å². The van der Waals surface area contributed by atoms with Gasteiger partial charge in [-0.2, -0.15) is 0 Å². The second-order valence-electron chi connectivity index (χ2n) is 10.1. The van der Waals surface area contributed by atoms with E-state index in [0.717, 1.165) is 52.4 Å². The van der Waals surface area contributed by atoms with Crippen molar-refractivity contribution in [2.45, 2.75) is 64.6 Å². The molecule has 1 atom stereocenters. The molecule has 0 unspecified atom stereocenters. The number of nitrogens with one attached hydrogen (secondary N) is 1. The summed E-state index contributed by atoms with van der Waals surface area (Å²) in [4.78, 5) is 29.2. The number of ether oxygens (including phenoxy) is 1. The quantitative estimate of drug-likeness (QED) is 0.253. The van der Waals surface area contributed by atoms with Crippen LogP contribution >= 0.6 is 39.1 Å². The van der Waals surface area contributed by atoms with Crippen LogP contribution in [0.3, 0.4) is 0 Å². The molecule has 0 aromatic heterocycles. The second-order valence-corrected chi connectivity index (χ2v) is 11.7. The van der Waals surface area contributed by atoms with Crippen LogP contribution < -0.4 is 10.1 Å². The Balaban J connectivity index is 1.64. The zero-order valence-corrected chi connectivity index (χ0v) is 25.3. The van der Waals surface area contributed by atoms with Crippen molar-refractivity contribution >= 4 is 50.9 Å². The Bertz CT molecular complexity index is 1290. The van der Waals surface area contributed by atoms with Gasteiger partial charge in [-0.1, -0.05) is 88.4 Å². The highest BCUT2D eigenvalue weighted by molar-refractivity contribution is 9.10. The van der Waals surface area contributed by atoms with Gasteiger partial charge in [0.2, 0.25) is 5.91 Å². The van der Waals surface area contributed by atoms with Crippen molar-refractivity contribution in [3.8, 4) is 5.75 Å². The van der Waals surface area contributed by atoms with Crippen LogP contribution in [0.15, 0.2) is 65.1 Å². The molecule has 1 aliphatic rings. The highest BCUT2D eigenvalue weighted by atomic mass is 79.9. The van der Waals surface area contributed by atoms with Crippen molar-refractivity contribution in [3.63, 3.8) is 0 Å². The smallest absolute Gasteiger partial charge is 0.261 e. The zero-order valence-electron chi connectivity index (χ0n) is 22.2. The molecule has 1 fully saturated rings. The predicted molar refractivity (Wildman–Crippen MR) is 160 cm³/mol. The van der Waals surface area contributed by atoms with Gasteiger partial charge in [0.1, 0.15) is 11.8 Å². The van der Waals surface area contributed by atoms with Crippen LogP contribution in [0.5, 0.6) is 5.75 Å². The van der Waals surface area contributed by atoms with E-state index >= 15 is 0 Å². The minimum atomic E-state index is -0.730. The maximum atomic E-state index is 13.8. The molecular formula is C31H33BrCl2N2O3. The zero-order chi connectivity index (χ0) is 27.9. The first-order valence-electron chi connectivity index (χ1n) is 13.2. The monoisotopic (exact) mass is 630 g/mol. The van der Waals surface area contributed by atoms with Crippen molar-refractivity contribution < 1.29 is 14.3 Å². The summed E-state index contributed by atoms with van der Waals surface area (Å²) < 4.78 is 6.98. The molecule has 1 N–H and O–H groups in total. The van der Waals surface area contributed by atoms with E-state index in [1.54, 1.807) is 17.0 Å². The lowest BCUT2D eigenvalue weighted by atomic mass is 10.0. The maximum absolute atomic E-state index is 13.8. The lowest BCUT2D eigenvalue weighted by Crippen LogP contribution is -2.53. The molecule has 0 spiro atoms. The number of aryl methyl sites for hydroxylation is 2. The summed E-state index contributed by atoms with van der Waals surface area (Å²) in [6.45, 7) is 3.94. The van der Waals surface area contributed by atoms with Gasteiger partial charge in [0.25, 0.3) is 5.91 Å². The fourth-order valence-electron chi connectivity index (χ4n) is 4.97. The number of benzene rings is 3. The van der Waals surface area contributed by atoms with Crippen molar-refractivity contribution in [2.24, 2.45) is 0 Å². The molecule has 0 saturated heterocycles. The summed E-state index contributed by atoms with van der Waals surface area (Å²) in [5.41, 5.74) is 3.78. The summed E-state index contributed by atoms with van der Waals surface area (Å²) >= 11 is 16.0. The molecule has 4 rings (SSSR count). The van der Waals surface area contributed by atoms with E-state index in [4.69, 9.17) is 27.9 Å². The normalized spacial score (nSPS) is 14.2. The third-order valence-electron chi connectivity index (χ3n) is 7.08. The summed E-state index contributed by atoms with van der Waals surface area (Å²) in [5.74, 6) is 0.155. The Kier molecular flexibility index (Phi) is 10.3. The van der Waals surface area contributed by atoms with Gasteiger partial charge < -0.3 is 15.0 Å². The van der Waals surface area contributed by atoms with Gasteiger partial charge in [0.05, 0.1) is 10.0 Å². The first-order valence-corrected chi connectivity index (χ1v) is 14.7. The van der Waals surface area contributed by atoms with Gasteiger partial charge in [0.15, 0.2) is 6.61 Å². The van der Waals surface area contributed by atoms with Crippen LogP contribution in [0.1, 0.15) is 47.9 Å². The molecule has 8 heteroatoms. The minimum absolute atomic E-state index is 0.127. The second kappa shape index (κ2) is 13.7. The predicted octanol–water partition coefficient (Wildman–Crippen LogP) is 7.45. The Hall–Kier alpha value is -2.54. The Morgan fingerprint density at radius 3 is 2.28 bits per heavy atom. The van der Waals surface area contributed by atoms with E-state index in [-0.39, 0.29) is 31.0 Å². The SMILES string of the molecule is Cc1cc(OCC(=O)N(Cc2ccc(Cl)c(Cl)c2)[C@@H](Cc2ccccc2)C(=O)NC2CCCC2)cc(C)c1Br. The number of hydrogen-bond donors (Lipinski definition) is 1. The molecule has 0 bridgehead atoms. The van der Waals surface area contributed by atoms with E-state index in [0.29, 0.717) is 22.2 Å². The summed E-state index contributed by atoms with van der Waals surface area (Å²) in [7, 11) is 0. The average Bonchev–Trinajstić information content (AvgIpc) is 3.43.